The largest absolute Gasteiger partial charge is 0.306 e. The molecule has 1 atom stereocenters. The van der Waals surface area contributed by atoms with E-state index in [-0.39, 0.29) is 0 Å². The highest BCUT2D eigenvalue weighted by Crippen LogP contribution is 2.36. The molecule has 0 amide bonds. The average molecular weight is 430 g/mol. The lowest BCUT2D eigenvalue weighted by Gasteiger charge is -2.35. The highest BCUT2D eigenvalue weighted by atomic mass is 15.3. The molecule has 1 fully saturated rings. The summed E-state index contributed by atoms with van der Waals surface area (Å²) in [5, 5.41) is 5.22. The minimum Gasteiger partial charge on any atom is -0.306 e. The van der Waals surface area contributed by atoms with Crippen LogP contribution in [0.3, 0.4) is 0 Å². The van der Waals surface area contributed by atoms with Crippen LogP contribution in [-0.2, 0) is 6.42 Å². The summed E-state index contributed by atoms with van der Waals surface area (Å²) in [6, 6.07) is 9.49. The fourth-order valence-electron chi connectivity index (χ4n) is 5.39. The summed E-state index contributed by atoms with van der Waals surface area (Å²) in [6.07, 6.45) is 17.2. The van der Waals surface area contributed by atoms with Gasteiger partial charge in [-0.05, 0) is 82.6 Å². The van der Waals surface area contributed by atoms with Crippen LogP contribution in [-0.4, -0.2) is 34.8 Å². The van der Waals surface area contributed by atoms with Crippen molar-refractivity contribution in [2.45, 2.75) is 64.8 Å². The Morgan fingerprint density at radius 2 is 1.91 bits per heavy atom. The number of likely N-dealkylation sites (tertiary alicyclic amines) is 1. The molecule has 1 aromatic heterocycles. The third kappa shape index (κ3) is 4.99. The highest BCUT2D eigenvalue weighted by molar-refractivity contribution is 5.73. The Morgan fingerprint density at radius 3 is 2.53 bits per heavy atom. The number of benzene rings is 1. The minimum absolute atomic E-state index is 0.477. The Kier molecular flexibility index (Phi) is 7.47. The number of hydrogen-bond donors (Lipinski definition) is 0. The van der Waals surface area contributed by atoms with Crippen molar-refractivity contribution in [1.82, 2.24) is 14.7 Å². The molecule has 1 aromatic carbocycles. The van der Waals surface area contributed by atoms with E-state index in [9.17, 15) is 0 Å². The standard InChI is InChI=1S/C29H39N3/c1-5-10-28(25-17-19-31(4)20-18-25)32-22(3)27(6-2)29(30-32)26-15-13-24(14-16-26)21-23-11-8-7-9-12-23/h6,8,11-16,25,28H,2,5,7,9-10,17-21H2,1,3-4H3/t28-/m0/s1. The molecule has 0 N–H and O–H groups in total. The molecule has 1 saturated heterocycles. The van der Waals surface area contributed by atoms with Gasteiger partial charge in [0.2, 0.25) is 0 Å². The number of piperidine rings is 1. The van der Waals surface area contributed by atoms with Crippen LogP contribution in [0.2, 0.25) is 0 Å². The molecule has 3 nitrogen and oxygen atoms in total. The topological polar surface area (TPSA) is 21.1 Å². The van der Waals surface area contributed by atoms with Gasteiger partial charge in [-0.2, -0.15) is 5.10 Å². The molecular weight excluding hydrogens is 390 g/mol. The number of rotatable bonds is 8. The van der Waals surface area contributed by atoms with E-state index in [2.05, 4.69) is 79.5 Å². The number of allylic oxidation sites excluding steroid dienone is 4. The van der Waals surface area contributed by atoms with E-state index in [0.717, 1.165) is 12.1 Å². The maximum Gasteiger partial charge on any atom is 0.0998 e. The molecule has 2 aliphatic rings. The van der Waals surface area contributed by atoms with Crippen LogP contribution in [0.1, 0.15) is 68.3 Å². The summed E-state index contributed by atoms with van der Waals surface area (Å²) < 4.78 is 2.34. The summed E-state index contributed by atoms with van der Waals surface area (Å²) in [6.45, 7) is 11.0. The van der Waals surface area contributed by atoms with Crippen LogP contribution in [0.15, 0.2) is 54.6 Å². The third-order valence-corrected chi connectivity index (χ3v) is 7.31. The van der Waals surface area contributed by atoms with E-state index in [1.54, 1.807) is 0 Å². The van der Waals surface area contributed by atoms with Gasteiger partial charge in [0.05, 0.1) is 11.7 Å². The van der Waals surface area contributed by atoms with Crippen LogP contribution in [0.5, 0.6) is 0 Å². The molecule has 4 rings (SSSR count). The Balaban J connectivity index is 1.60. The lowest BCUT2D eigenvalue weighted by molar-refractivity contribution is 0.159. The van der Waals surface area contributed by atoms with Crippen molar-refractivity contribution in [2.24, 2.45) is 5.92 Å². The van der Waals surface area contributed by atoms with Crippen LogP contribution in [0.4, 0.5) is 0 Å². The van der Waals surface area contributed by atoms with Gasteiger partial charge >= 0.3 is 0 Å². The van der Waals surface area contributed by atoms with Crippen molar-refractivity contribution < 1.29 is 0 Å². The van der Waals surface area contributed by atoms with E-state index in [1.807, 2.05) is 6.08 Å². The molecule has 0 radical (unpaired) electrons. The smallest absolute Gasteiger partial charge is 0.0998 e. The van der Waals surface area contributed by atoms with Crippen molar-refractivity contribution >= 4 is 6.08 Å². The van der Waals surface area contributed by atoms with Crippen molar-refractivity contribution in [1.29, 1.82) is 0 Å². The van der Waals surface area contributed by atoms with Gasteiger partial charge in [0.25, 0.3) is 0 Å². The van der Waals surface area contributed by atoms with E-state index in [4.69, 9.17) is 5.10 Å². The van der Waals surface area contributed by atoms with Crippen LogP contribution < -0.4 is 0 Å². The Labute approximate surface area is 194 Å². The molecule has 170 valence electrons. The van der Waals surface area contributed by atoms with Crippen molar-refractivity contribution in [3.05, 3.63) is 71.5 Å². The van der Waals surface area contributed by atoms with E-state index in [1.165, 1.54) is 79.6 Å². The third-order valence-electron chi connectivity index (χ3n) is 7.31. The number of hydrogen-bond acceptors (Lipinski definition) is 2. The van der Waals surface area contributed by atoms with Gasteiger partial charge in [-0.1, -0.05) is 68.5 Å². The molecule has 1 aliphatic carbocycles. The van der Waals surface area contributed by atoms with Crippen molar-refractivity contribution in [3.8, 4) is 11.3 Å². The maximum atomic E-state index is 5.22. The lowest BCUT2D eigenvalue weighted by atomic mass is 9.87. The molecule has 2 aromatic rings. The van der Waals surface area contributed by atoms with Crippen molar-refractivity contribution in [2.75, 3.05) is 20.1 Å². The first-order chi connectivity index (χ1) is 15.6. The molecule has 3 heteroatoms. The zero-order valence-electron chi connectivity index (χ0n) is 20.2. The normalized spacial score (nSPS) is 18.5. The number of nitrogens with zero attached hydrogens (tertiary/aromatic N) is 3. The maximum absolute atomic E-state index is 5.22. The van der Waals surface area contributed by atoms with Gasteiger partial charge in [0.1, 0.15) is 0 Å². The monoisotopic (exact) mass is 429 g/mol. The first-order valence-electron chi connectivity index (χ1n) is 12.5. The number of aromatic nitrogens is 2. The van der Waals surface area contributed by atoms with Gasteiger partial charge in [0, 0.05) is 16.8 Å². The lowest BCUT2D eigenvalue weighted by Crippen LogP contribution is -2.34. The van der Waals surface area contributed by atoms with Gasteiger partial charge in [-0.15, -0.1) is 0 Å². The average Bonchev–Trinajstić information content (AvgIpc) is 3.15. The first kappa shape index (κ1) is 22.8. The zero-order chi connectivity index (χ0) is 22.5. The summed E-state index contributed by atoms with van der Waals surface area (Å²) >= 11 is 0. The van der Waals surface area contributed by atoms with Crippen LogP contribution in [0, 0.1) is 12.8 Å². The second-order valence-corrected chi connectivity index (χ2v) is 9.63. The van der Waals surface area contributed by atoms with E-state index >= 15 is 0 Å². The molecule has 1 aliphatic heterocycles. The van der Waals surface area contributed by atoms with Gasteiger partial charge in [0.15, 0.2) is 0 Å². The summed E-state index contributed by atoms with van der Waals surface area (Å²) in [7, 11) is 2.24. The molecule has 2 heterocycles. The molecule has 0 bridgehead atoms. The quantitative estimate of drug-likeness (QED) is 0.450. The fraction of sp³-hybridized carbons (Fsp3) is 0.483. The predicted molar refractivity (Wildman–Crippen MR) is 137 cm³/mol. The summed E-state index contributed by atoms with van der Waals surface area (Å²) in [5.74, 6) is 0.703. The second-order valence-electron chi connectivity index (χ2n) is 9.63. The van der Waals surface area contributed by atoms with Crippen molar-refractivity contribution in [3.63, 3.8) is 0 Å². The SMILES string of the molecule is C=Cc1c(-c2ccc(CC3=CCCC=C3)cc2)nn([C@@H](CCC)C2CCN(C)CC2)c1C. The Bertz CT molecular complexity index is 969. The molecule has 0 saturated carbocycles. The van der Waals surface area contributed by atoms with Crippen LogP contribution >= 0.6 is 0 Å². The summed E-state index contributed by atoms with van der Waals surface area (Å²) in [5.41, 5.74) is 7.50. The van der Waals surface area contributed by atoms with E-state index in [0.29, 0.717) is 12.0 Å². The minimum atomic E-state index is 0.477. The molecular formula is C29H39N3. The summed E-state index contributed by atoms with van der Waals surface area (Å²) in [4.78, 5) is 2.46. The van der Waals surface area contributed by atoms with Gasteiger partial charge in [-0.25, -0.2) is 0 Å². The molecule has 32 heavy (non-hydrogen) atoms. The zero-order valence-corrected chi connectivity index (χ0v) is 20.2. The fourth-order valence-corrected chi connectivity index (χ4v) is 5.39. The Morgan fingerprint density at radius 1 is 1.16 bits per heavy atom. The molecule has 0 unspecified atom stereocenters. The Hall–Kier alpha value is -2.39. The first-order valence-corrected chi connectivity index (χ1v) is 12.5. The van der Waals surface area contributed by atoms with Gasteiger partial charge in [-0.3, -0.25) is 4.68 Å². The highest BCUT2D eigenvalue weighted by Gasteiger charge is 2.29. The van der Waals surface area contributed by atoms with E-state index < -0.39 is 0 Å². The predicted octanol–water partition coefficient (Wildman–Crippen LogP) is 7.00. The second kappa shape index (κ2) is 10.5. The van der Waals surface area contributed by atoms with Crippen LogP contribution in [0.25, 0.3) is 17.3 Å². The molecule has 0 spiro atoms. The van der Waals surface area contributed by atoms with Gasteiger partial charge < -0.3 is 4.90 Å².